The van der Waals surface area contributed by atoms with Crippen LogP contribution >= 0.6 is 0 Å². The van der Waals surface area contributed by atoms with Crippen LogP contribution in [0.15, 0.2) is 78.9 Å². The smallest absolute Gasteiger partial charge is 0.407 e. The van der Waals surface area contributed by atoms with Crippen LogP contribution in [-0.4, -0.2) is 47.9 Å². The first-order valence-electron chi connectivity index (χ1n) is 14.6. The Morgan fingerprint density at radius 2 is 1.55 bits per heavy atom. The minimum atomic E-state index is -1.24. The largest absolute Gasteiger partial charge is 0.480 e. The number of carboxylic acids is 1. The minimum Gasteiger partial charge on any atom is -0.480 e. The fourth-order valence-electron chi connectivity index (χ4n) is 6.20. The van der Waals surface area contributed by atoms with Crippen LogP contribution in [0.25, 0.3) is 11.1 Å². The lowest BCUT2D eigenvalue weighted by Crippen LogP contribution is -2.59. The van der Waals surface area contributed by atoms with Crippen molar-refractivity contribution < 1.29 is 29.0 Å². The van der Waals surface area contributed by atoms with Crippen molar-refractivity contribution in [1.29, 1.82) is 0 Å². The highest BCUT2D eigenvalue weighted by Crippen LogP contribution is 2.44. The summed E-state index contributed by atoms with van der Waals surface area (Å²) in [5.74, 6) is -1.67. The van der Waals surface area contributed by atoms with E-state index in [1.54, 1.807) is 13.8 Å². The first-order chi connectivity index (χ1) is 20.3. The number of carbonyl (C=O) groups is 3. The molecule has 3 aromatic rings. The molecule has 2 amide bonds. The van der Waals surface area contributed by atoms with Crippen molar-refractivity contribution >= 4 is 18.0 Å². The minimum absolute atomic E-state index is 0.0714. The van der Waals surface area contributed by atoms with Gasteiger partial charge in [0, 0.05) is 12.0 Å². The number of rotatable bonds is 10. The summed E-state index contributed by atoms with van der Waals surface area (Å²) in [7, 11) is 0. The average Bonchev–Trinajstić information content (AvgIpc) is 3.32. The lowest BCUT2D eigenvalue weighted by atomic mass is 9.71. The molecule has 42 heavy (non-hydrogen) atoms. The standard InChI is InChI=1S/C34H38N2O6/c1-22(41-20-23-12-4-3-5-13-23)30(31(37)38)36-32(39)34(2)19-11-10-18-29(34)35-33(40)42-21-28-26-16-8-6-14-24(26)25-15-7-9-17-27(25)28/h3-9,12-17,22,28-30H,10-11,18-21H2,1-2H3,(H,35,40)(H,36,39)(H,37,38)/t22-,29?,30+,34?/m0/s1. The molecular weight excluding hydrogens is 532 g/mol. The zero-order valence-corrected chi connectivity index (χ0v) is 24.0. The van der Waals surface area contributed by atoms with E-state index in [-0.39, 0.29) is 19.1 Å². The van der Waals surface area contributed by atoms with E-state index in [4.69, 9.17) is 9.47 Å². The normalized spacial score (nSPS) is 21.0. The molecule has 8 heteroatoms. The van der Waals surface area contributed by atoms with E-state index in [9.17, 15) is 19.5 Å². The number of ether oxygens (including phenoxy) is 2. The number of carboxylic acid groups (broad SMARTS) is 1. The van der Waals surface area contributed by atoms with Gasteiger partial charge in [-0.3, -0.25) is 4.79 Å². The molecule has 8 nitrogen and oxygen atoms in total. The fourth-order valence-corrected chi connectivity index (χ4v) is 6.20. The maximum atomic E-state index is 13.6. The highest BCUT2D eigenvalue weighted by molar-refractivity contribution is 5.88. The maximum Gasteiger partial charge on any atom is 0.407 e. The maximum absolute atomic E-state index is 13.6. The molecule has 4 atom stereocenters. The summed E-state index contributed by atoms with van der Waals surface area (Å²) in [6, 6.07) is 24.0. The first-order valence-corrected chi connectivity index (χ1v) is 14.6. The van der Waals surface area contributed by atoms with E-state index in [1.165, 1.54) is 0 Å². The summed E-state index contributed by atoms with van der Waals surface area (Å²) < 4.78 is 11.6. The van der Waals surface area contributed by atoms with E-state index in [2.05, 4.69) is 34.9 Å². The number of carbonyl (C=O) groups excluding carboxylic acids is 2. The molecule has 0 heterocycles. The van der Waals surface area contributed by atoms with Crippen molar-refractivity contribution in [2.75, 3.05) is 6.61 Å². The number of nitrogens with one attached hydrogen (secondary N) is 2. The molecule has 0 spiro atoms. The quantitative estimate of drug-likeness (QED) is 0.290. The Hall–Kier alpha value is -4.17. The van der Waals surface area contributed by atoms with Crippen molar-refractivity contribution in [1.82, 2.24) is 10.6 Å². The van der Waals surface area contributed by atoms with E-state index in [1.807, 2.05) is 54.6 Å². The second kappa shape index (κ2) is 12.8. The molecule has 1 fully saturated rings. The zero-order valence-electron chi connectivity index (χ0n) is 24.0. The lowest BCUT2D eigenvalue weighted by molar-refractivity contribution is -0.149. The van der Waals surface area contributed by atoms with Gasteiger partial charge in [-0.25, -0.2) is 9.59 Å². The number of hydrogen-bond acceptors (Lipinski definition) is 5. The Balaban J connectivity index is 1.22. The molecule has 1 saturated carbocycles. The van der Waals surface area contributed by atoms with Gasteiger partial charge in [-0.2, -0.15) is 0 Å². The topological polar surface area (TPSA) is 114 Å². The van der Waals surface area contributed by atoms with Crippen LogP contribution in [0.1, 0.15) is 62.1 Å². The number of aliphatic carboxylic acids is 1. The van der Waals surface area contributed by atoms with Gasteiger partial charge in [-0.05, 0) is 54.5 Å². The molecule has 2 aliphatic carbocycles. The van der Waals surface area contributed by atoms with Crippen molar-refractivity contribution in [2.24, 2.45) is 5.41 Å². The highest BCUT2D eigenvalue weighted by atomic mass is 16.5. The zero-order chi connectivity index (χ0) is 29.7. The van der Waals surface area contributed by atoms with Gasteiger partial charge in [0.1, 0.15) is 6.61 Å². The lowest BCUT2D eigenvalue weighted by Gasteiger charge is -2.41. The van der Waals surface area contributed by atoms with Crippen LogP contribution in [0.3, 0.4) is 0 Å². The van der Waals surface area contributed by atoms with Crippen LogP contribution < -0.4 is 10.6 Å². The summed E-state index contributed by atoms with van der Waals surface area (Å²) in [6.45, 7) is 3.82. The number of benzene rings is 3. The number of hydrogen-bond donors (Lipinski definition) is 3. The molecule has 0 aromatic heterocycles. The molecule has 5 rings (SSSR count). The van der Waals surface area contributed by atoms with Gasteiger partial charge in [0.25, 0.3) is 0 Å². The van der Waals surface area contributed by atoms with Crippen molar-refractivity contribution in [2.45, 2.75) is 70.2 Å². The van der Waals surface area contributed by atoms with E-state index in [0.29, 0.717) is 12.8 Å². The van der Waals surface area contributed by atoms with Crippen molar-refractivity contribution in [3.05, 3.63) is 95.6 Å². The SMILES string of the molecule is C[C@H](OCc1ccccc1)[C@@H](NC(=O)C1(C)CCCCC1NC(=O)OCC1c2ccccc2-c2ccccc21)C(=O)O. The van der Waals surface area contributed by atoms with Crippen LogP contribution in [0, 0.1) is 5.41 Å². The van der Waals surface area contributed by atoms with Gasteiger partial charge < -0.3 is 25.2 Å². The van der Waals surface area contributed by atoms with Crippen molar-refractivity contribution in [3.63, 3.8) is 0 Å². The fraction of sp³-hybridized carbons (Fsp3) is 0.382. The summed E-state index contributed by atoms with van der Waals surface area (Å²) in [5.41, 5.74) is 4.44. The summed E-state index contributed by atoms with van der Waals surface area (Å²) in [4.78, 5) is 38.8. The Bertz CT molecular complexity index is 1380. The highest BCUT2D eigenvalue weighted by Gasteiger charge is 2.46. The van der Waals surface area contributed by atoms with Gasteiger partial charge in [0.2, 0.25) is 5.91 Å². The van der Waals surface area contributed by atoms with Gasteiger partial charge in [-0.1, -0.05) is 91.7 Å². The van der Waals surface area contributed by atoms with Crippen LogP contribution in [-0.2, 0) is 25.7 Å². The third kappa shape index (κ3) is 6.19. The summed E-state index contributed by atoms with van der Waals surface area (Å²) in [5, 5.41) is 15.6. The summed E-state index contributed by atoms with van der Waals surface area (Å²) >= 11 is 0. The second-order valence-corrected chi connectivity index (χ2v) is 11.5. The molecule has 2 unspecified atom stereocenters. The molecule has 0 radical (unpaired) electrons. The molecule has 0 saturated heterocycles. The van der Waals surface area contributed by atoms with E-state index >= 15 is 0 Å². The van der Waals surface area contributed by atoms with Crippen LogP contribution in [0.5, 0.6) is 0 Å². The second-order valence-electron chi connectivity index (χ2n) is 11.5. The molecule has 220 valence electrons. The van der Waals surface area contributed by atoms with Crippen LogP contribution in [0.4, 0.5) is 4.79 Å². The molecule has 0 aliphatic heterocycles. The van der Waals surface area contributed by atoms with E-state index < -0.39 is 41.6 Å². The molecule has 3 N–H and O–H groups in total. The summed E-state index contributed by atoms with van der Waals surface area (Å²) in [6.07, 6.45) is 1.38. The van der Waals surface area contributed by atoms with Crippen LogP contribution in [0.2, 0.25) is 0 Å². The number of alkyl carbamates (subject to hydrolysis) is 1. The molecule has 3 aromatic carbocycles. The Labute approximate surface area is 246 Å². The first kappa shape index (κ1) is 29.3. The number of amides is 2. The number of fused-ring (bicyclic) bond motifs is 3. The molecule has 2 aliphatic rings. The van der Waals surface area contributed by atoms with Crippen molar-refractivity contribution in [3.8, 4) is 11.1 Å². The predicted octanol–water partition coefficient (Wildman–Crippen LogP) is 5.65. The predicted molar refractivity (Wildman–Crippen MR) is 159 cm³/mol. The molecular formula is C34H38N2O6. The van der Waals surface area contributed by atoms with Gasteiger partial charge >= 0.3 is 12.1 Å². The Morgan fingerprint density at radius 1 is 0.929 bits per heavy atom. The van der Waals surface area contributed by atoms with Gasteiger partial charge in [0.05, 0.1) is 18.1 Å². The average molecular weight is 571 g/mol. The third-order valence-electron chi connectivity index (χ3n) is 8.74. The Morgan fingerprint density at radius 3 is 2.19 bits per heavy atom. The Kier molecular flexibility index (Phi) is 8.92. The third-order valence-corrected chi connectivity index (χ3v) is 8.74. The van der Waals surface area contributed by atoms with E-state index in [0.717, 1.165) is 40.7 Å². The van der Waals surface area contributed by atoms with Gasteiger partial charge in [0.15, 0.2) is 6.04 Å². The van der Waals surface area contributed by atoms with Gasteiger partial charge in [-0.15, -0.1) is 0 Å². The monoisotopic (exact) mass is 570 g/mol. The molecule has 0 bridgehead atoms.